The van der Waals surface area contributed by atoms with Gasteiger partial charge in [0.2, 0.25) is 0 Å². The molecule has 0 saturated carbocycles. The van der Waals surface area contributed by atoms with Crippen molar-refractivity contribution in [3.63, 3.8) is 0 Å². The number of rotatable bonds is 5. The van der Waals surface area contributed by atoms with Gasteiger partial charge in [0.1, 0.15) is 0 Å². The van der Waals surface area contributed by atoms with E-state index in [1.807, 2.05) is 20.8 Å². The van der Waals surface area contributed by atoms with E-state index in [4.69, 9.17) is 4.43 Å². The van der Waals surface area contributed by atoms with Gasteiger partial charge in [-0.2, -0.15) is 0 Å². The van der Waals surface area contributed by atoms with Crippen LogP contribution >= 0.6 is 0 Å². The molecule has 1 radical (unpaired) electrons. The molecule has 0 aromatic heterocycles. The molecule has 0 spiro atoms. The molecule has 0 aromatic rings. The van der Waals surface area contributed by atoms with E-state index in [-0.39, 0.29) is 11.0 Å². The SMILES string of the molecule is C=CC(=O)[Si](CCC)OC(C)(C)C. The van der Waals surface area contributed by atoms with Crippen LogP contribution in [0, 0.1) is 0 Å². The first-order chi connectivity index (χ1) is 5.90. The zero-order valence-electron chi connectivity index (χ0n) is 9.02. The molecule has 2 nitrogen and oxygen atoms in total. The van der Waals surface area contributed by atoms with Crippen molar-refractivity contribution in [3.05, 3.63) is 12.7 Å². The molecule has 0 unspecified atom stereocenters. The molecular formula is C10H19O2Si. The van der Waals surface area contributed by atoms with E-state index < -0.39 is 9.04 Å². The lowest BCUT2D eigenvalue weighted by Crippen LogP contribution is -2.36. The highest BCUT2D eigenvalue weighted by Crippen LogP contribution is 2.13. The summed E-state index contributed by atoms with van der Waals surface area (Å²) >= 11 is 0. The second-order valence-electron chi connectivity index (χ2n) is 3.96. The van der Waals surface area contributed by atoms with Gasteiger partial charge in [0.25, 0.3) is 9.04 Å². The largest absolute Gasteiger partial charge is 0.404 e. The summed E-state index contributed by atoms with van der Waals surface area (Å²) in [6.07, 6.45) is 2.37. The van der Waals surface area contributed by atoms with E-state index in [1.54, 1.807) is 0 Å². The normalized spacial score (nSPS) is 11.8. The highest BCUT2D eigenvalue weighted by atomic mass is 28.3. The highest BCUT2D eigenvalue weighted by Gasteiger charge is 2.25. The van der Waals surface area contributed by atoms with Gasteiger partial charge in [-0.3, -0.25) is 4.79 Å². The fraction of sp³-hybridized carbons (Fsp3) is 0.700. The summed E-state index contributed by atoms with van der Waals surface area (Å²) in [5, 5.41) is 0.0850. The van der Waals surface area contributed by atoms with Gasteiger partial charge in [-0.25, -0.2) is 0 Å². The van der Waals surface area contributed by atoms with Crippen molar-refractivity contribution >= 4 is 14.4 Å². The zero-order valence-corrected chi connectivity index (χ0v) is 10.0. The Kier molecular flexibility index (Phi) is 5.18. The third kappa shape index (κ3) is 5.77. The Morgan fingerprint density at radius 3 is 2.38 bits per heavy atom. The molecule has 0 heterocycles. The first-order valence-electron chi connectivity index (χ1n) is 4.62. The van der Waals surface area contributed by atoms with Gasteiger partial charge in [0.15, 0.2) is 5.41 Å². The summed E-state index contributed by atoms with van der Waals surface area (Å²) in [6, 6.07) is 0.868. The number of carbonyl (C=O) groups excluding carboxylic acids is 1. The Labute approximate surface area is 82.7 Å². The van der Waals surface area contributed by atoms with Crippen LogP contribution in [0.3, 0.4) is 0 Å². The fourth-order valence-corrected chi connectivity index (χ4v) is 2.81. The minimum atomic E-state index is -1.34. The van der Waals surface area contributed by atoms with Gasteiger partial charge in [-0.1, -0.05) is 19.9 Å². The van der Waals surface area contributed by atoms with Gasteiger partial charge in [0.05, 0.1) is 0 Å². The Morgan fingerprint density at radius 1 is 1.54 bits per heavy atom. The Bertz CT molecular complexity index is 182. The van der Waals surface area contributed by atoms with Crippen LogP contribution in [0.4, 0.5) is 0 Å². The minimum absolute atomic E-state index is 0.0850. The summed E-state index contributed by atoms with van der Waals surface area (Å²) < 4.78 is 5.71. The standard InChI is InChI=1S/C10H19O2Si/c1-6-8-13(9(11)7-2)12-10(3,4)5/h7H,2,6,8H2,1,3-5H3. The molecule has 13 heavy (non-hydrogen) atoms. The van der Waals surface area contributed by atoms with Crippen LogP contribution in [-0.4, -0.2) is 20.0 Å². The molecule has 0 aliphatic rings. The smallest absolute Gasteiger partial charge is 0.296 e. The molecule has 0 aliphatic carbocycles. The lowest BCUT2D eigenvalue weighted by atomic mass is 10.2. The van der Waals surface area contributed by atoms with Crippen LogP contribution in [-0.2, 0) is 9.22 Å². The quantitative estimate of drug-likeness (QED) is 0.502. The number of allylic oxidation sites excluding steroid dienone is 1. The lowest BCUT2D eigenvalue weighted by Gasteiger charge is -2.24. The van der Waals surface area contributed by atoms with E-state index in [2.05, 4.69) is 13.5 Å². The van der Waals surface area contributed by atoms with E-state index in [0.29, 0.717) is 0 Å². The predicted octanol–water partition coefficient (Wildman–Crippen LogP) is 2.50. The maximum absolute atomic E-state index is 11.4. The number of hydrogen-bond acceptors (Lipinski definition) is 2. The molecule has 0 atom stereocenters. The Morgan fingerprint density at radius 2 is 2.08 bits per heavy atom. The molecule has 0 bridgehead atoms. The van der Waals surface area contributed by atoms with Crippen molar-refractivity contribution in [1.29, 1.82) is 0 Å². The van der Waals surface area contributed by atoms with Crippen molar-refractivity contribution in [3.8, 4) is 0 Å². The van der Waals surface area contributed by atoms with Crippen molar-refractivity contribution < 1.29 is 9.22 Å². The summed E-state index contributed by atoms with van der Waals surface area (Å²) in [7, 11) is -1.34. The maximum Gasteiger partial charge on any atom is 0.296 e. The summed E-state index contributed by atoms with van der Waals surface area (Å²) in [4.78, 5) is 11.4. The second kappa shape index (κ2) is 5.35. The van der Waals surface area contributed by atoms with Crippen molar-refractivity contribution in [2.45, 2.75) is 45.8 Å². The van der Waals surface area contributed by atoms with E-state index in [9.17, 15) is 4.79 Å². The van der Waals surface area contributed by atoms with Crippen molar-refractivity contribution in [2.75, 3.05) is 0 Å². The maximum atomic E-state index is 11.4. The molecule has 0 rings (SSSR count). The number of hydrogen-bond donors (Lipinski definition) is 0. The van der Waals surface area contributed by atoms with Crippen LogP contribution in [0.25, 0.3) is 0 Å². The molecule has 0 fully saturated rings. The predicted molar refractivity (Wildman–Crippen MR) is 56.9 cm³/mol. The minimum Gasteiger partial charge on any atom is -0.404 e. The monoisotopic (exact) mass is 199 g/mol. The molecule has 0 aromatic carbocycles. The van der Waals surface area contributed by atoms with Crippen LogP contribution in [0.5, 0.6) is 0 Å². The number of carbonyl (C=O) groups is 1. The third-order valence-corrected chi connectivity index (χ3v) is 3.93. The average molecular weight is 199 g/mol. The lowest BCUT2D eigenvalue weighted by molar-refractivity contribution is -0.110. The van der Waals surface area contributed by atoms with Crippen LogP contribution in [0.1, 0.15) is 34.1 Å². The van der Waals surface area contributed by atoms with Gasteiger partial charge >= 0.3 is 0 Å². The molecule has 0 aliphatic heterocycles. The van der Waals surface area contributed by atoms with Crippen molar-refractivity contribution in [2.24, 2.45) is 0 Å². The summed E-state index contributed by atoms with van der Waals surface area (Å²) in [5.74, 6) is 0. The summed E-state index contributed by atoms with van der Waals surface area (Å²) in [5.41, 5.74) is -0.220. The highest BCUT2D eigenvalue weighted by molar-refractivity contribution is 6.87. The fourth-order valence-electron chi connectivity index (χ4n) is 0.935. The van der Waals surface area contributed by atoms with Crippen molar-refractivity contribution in [1.82, 2.24) is 0 Å². The van der Waals surface area contributed by atoms with Gasteiger partial charge in [-0.05, 0) is 32.9 Å². The van der Waals surface area contributed by atoms with Gasteiger partial charge in [0, 0.05) is 5.60 Å². The Hall–Kier alpha value is -0.413. The van der Waals surface area contributed by atoms with Crippen LogP contribution in [0.2, 0.25) is 6.04 Å². The molecular weight excluding hydrogens is 180 g/mol. The van der Waals surface area contributed by atoms with Crippen LogP contribution < -0.4 is 0 Å². The molecule has 0 saturated heterocycles. The topological polar surface area (TPSA) is 26.3 Å². The molecule has 3 heteroatoms. The summed E-state index contributed by atoms with van der Waals surface area (Å²) in [6.45, 7) is 11.5. The first kappa shape index (κ1) is 12.6. The van der Waals surface area contributed by atoms with E-state index in [0.717, 1.165) is 12.5 Å². The molecule has 75 valence electrons. The van der Waals surface area contributed by atoms with Crippen LogP contribution in [0.15, 0.2) is 12.7 Å². The molecule has 0 N–H and O–H groups in total. The van der Waals surface area contributed by atoms with E-state index >= 15 is 0 Å². The Balaban J connectivity index is 4.25. The van der Waals surface area contributed by atoms with Gasteiger partial charge < -0.3 is 4.43 Å². The second-order valence-corrected chi connectivity index (χ2v) is 6.00. The van der Waals surface area contributed by atoms with Gasteiger partial charge in [-0.15, -0.1) is 0 Å². The average Bonchev–Trinajstić information content (AvgIpc) is 2.00. The first-order valence-corrected chi connectivity index (χ1v) is 6.24. The van der Waals surface area contributed by atoms with E-state index in [1.165, 1.54) is 6.08 Å². The molecule has 0 amide bonds. The zero-order chi connectivity index (χ0) is 10.5. The third-order valence-electron chi connectivity index (χ3n) is 1.37.